The SMILES string of the molecule is CCCCC(C(=O)OC)N1c2ccc(F)cc2C(C)CC1(C)C. The molecule has 3 nitrogen and oxygen atoms in total. The van der Waals surface area contributed by atoms with E-state index < -0.39 is 0 Å². The Labute approximate surface area is 138 Å². The van der Waals surface area contributed by atoms with Crippen molar-refractivity contribution >= 4 is 11.7 Å². The standard InChI is InChI=1S/C19H28FNO2/c1-6-7-8-17(18(22)23-5)21-16-10-9-14(20)11-15(16)13(2)12-19(21,3)4/h9-11,13,17H,6-8,12H2,1-5H3. The predicted octanol–water partition coefficient (Wildman–Crippen LogP) is 4.65. The lowest BCUT2D eigenvalue weighted by molar-refractivity contribution is -0.142. The van der Waals surface area contributed by atoms with E-state index in [1.807, 2.05) is 6.07 Å². The van der Waals surface area contributed by atoms with Gasteiger partial charge in [0.25, 0.3) is 0 Å². The molecule has 0 aromatic heterocycles. The highest BCUT2D eigenvalue weighted by Crippen LogP contribution is 2.45. The molecule has 1 aliphatic rings. The van der Waals surface area contributed by atoms with Gasteiger partial charge < -0.3 is 9.64 Å². The molecule has 0 radical (unpaired) electrons. The zero-order valence-corrected chi connectivity index (χ0v) is 14.9. The van der Waals surface area contributed by atoms with E-state index in [1.165, 1.54) is 13.2 Å². The number of carbonyl (C=O) groups excluding carboxylic acids is 1. The molecule has 4 heteroatoms. The van der Waals surface area contributed by atoms with E-state index in [4.69, 9.17) is 4.74 Å². The Morgan fingerprint density at radius 3 is 2.78 bits per heavy atom. The average molecular weight is 321 g/mol. The Balaban J connectivity index is 2.52. The van der Waals surface area contributed by atoms with E-state index in [0.717, 1.165) is 36.9 Å². The van der Waals surface area contributed by atoms with Crippen molar-refractivity contribution in [3.8, 4) is 0 Å². The average Bonchev–Trinajstić information content (AvgIpc) is 2.49. The molecule has 2 unspecified atom stereocenters. The zero-order valence-electron chi connectivity index (χ0n) is 14.9. The summed E-state index contributed by atoms with van der Waals surface area (Å²) in [6, 6.07) is 4.57. The molecular weight excluding hydrogens is 293 g/mol. The van der Waals surface area contributed by atoms with Crippen LogP contribution >= 0.6 is 0 Å². The van der Waals surface area contributed by atoms with E-state index in [9.17, 15) is 9.18 Å². The van der Waals surface area contributed by atoms with Crippen LogP contribution in [0.4, 0.5) is 10.1 Å². The Kier molecular flexibility index (Phi) is 5.33. The molecule has 0 saturated heterocycles. The lowest BCUT2D eigenvalue weighted by Crippen LogP contribution is -2.56. The molecule has 0 aliphatic carbocycles. The Bertz CT molecular complexity index is 570. The van der Waals surface area contributed by atoms with Crippen molar-refractivity contribution in [2.45, 2.75) is 70.9 Å². The molecule has 0 bridgehead atoms. The maximum atomic E-state index is 13.7. The fourth-order valence-corrected chi connectivity index (χ4v) is 3.90. The summed E-state index contributed by atoms with van der Waals surface area (Å²) < 4.78 is 18.8. The van der Waals surface area contributed by atoms with Crippen LogP contribution in [0.1, 0.15) is 64.9 Å². The van der Waals surface area contributed by atoms with Gasteiger partial charge in [0.05, 0.1) is 7.11 Å². The molecule has 1 aromatic rings. The number of unbranched alkanes of at least 4 members (excludes halogenated alkanes) is 1. The highest BCUT2D eigenvalue weighted by atomic mass is 19.1. The van der Waals surface area contributed by atoms with Crippen LogP contribution < -0.4 is 4.90 Å². The zero-order chi connectivity index (χ0) is 17.2. The fourth-order valence-electron chi connectivity index (χ4n) is 3.90. The van der Waals surface area contributed by atoms with E-state index in [1.54, 1.807) is 6.07 Å². The van der Waals surface area contributed by atoms with Gasteiger partial charge in [0.15, 0.2) is 0 Å². The molecule has 0 N–H and O–H groups in total. The lowest BCUT2D eigenvalue weighted by atomic mass is 9.78. The molecule has 128 valence electrons. The summed E-state index contributed by atoms with van der Waals surface area (Å²) in [6.07, 6.45) is 3.60. The topological polar surface area (TPSA) is 29.5 Å². The predicted molar refractivity (Wildman–Crippen MR) is 91.3 cm³/mol. The quantitative estimate of drug-likeness (QED) is 0.739. The third-order valence-corrected chi connectivity index (χ3v) is 4.85. The van der Waals surface area contributed by atoms with Gasteiger partial charge in [0.2, 0.25) is 0 Å². The number of anilines is 1. The molecule has 0 saturated carbocycles. The number of hydrogen-bond donors (Lipinski definition) is 0. The normalized spacial score (nSPS) is 20.8. The molecule has 1 aromatic carbocycles. The van der Waals surface area contributed by atoms with Crippen molar-refractivity contribution in [3.05, 3.63) is 29.6 Å². The molecule has 23 heavy (non-hydrogen) atoms. The fraction of sp³-hybridized carbons (Fsp3) is 0.632. The number of ether oxygens (including phenoxy) is 1. The first-order valence-corrected chi connectivity index (χ1v) is 8.48. The second-order valence-corrected chi connectivity index (χ2v) is 7.17. The first-order chi connectivity index (χ1) is 10.8. The van der Waals surface area contributed by atoms with Gasteiger partial charge in [-0.25, -0.2) is 9.18 Å². The van der Waals surface area contributed by atoms with Gasteiger partial charge in [0.1, 0.15) is 11.9 Å². The Hall–Kier alpha value is -1.58. The van der Waals surface area contributed by atoms with Crippen LogP contribution in [0, 0.1) is 5.82 Å². The minimum atomic E-state index is -0.327. The molecule has 0 fully saturated rings. The second-order valence-electron chi connectivity index (χ2n) is 7.17. The summed E-state index contributed by atoms with van der Waals surface area (Å²) in [4.78, 5) is 14.6. The van der Waals surface area contributed by atoms with Crippen molar-refractivity contribution in [2.75, 3.05) is 12.0 Å². The molecule has 2 rings (SSSR count). The van der Waals surface area contributed by atoms with Gasteiger partial charge in [-0.1, -0.05) is 26.7 Å². The van der Waals surface area contributed by atoms with Crippen molar-refractivity contribution < 1.29 is 13.9 Å². The van der Waals surface area contributed by atoms with E-state index in [2.05, 4.69) is 32.6 Å². The number of hydrogen-bond acceptors (Lipinski definition) is 3. The van der Waals surface area contributed by atoms with Gasteiger partial charge in [-0.3, -0.25) is 0 Å². The number of esters is 1. The third-order valence-electron chi connectivity index (χ3n) is 4.85. The minimum Gasteiger partial charge on any atom is -0.467 e. The van der Waals surface area contributed by atoms with Gasteiger partial charge in [-0.2, -0.15) is 0 Å². The van der Waals surface area contributed by atoms with Crippen LogP contribution in [0.3, 0.4) is 0 Å². The lowest BCUT2D eigenvalue weighted by Gasteiger charge is -2.50. The monoisotopic (exact) mass is 321 g/mol. The highest BCUT2D eigenvalue weighted by molar-refractivity contribution is 5.81. The number of carbonyl (C=O) groups is 1. The first-order valence-electron chi connectivity index (χ1n) is 8.48. The molecule has 2 atom stereocenters. The number of benzene rings is 1. The number of nitrogens with zero attached hydrogens (tertiary/aromatic N) is 1. The summed E-state index contributed by atoms with van der Waals surface area (Å²) in [5.41, 5.74) is 1.76. The number of methoxy groups -OCH3 is 1. The number of fused-ring (bicyclic) bond motifs is 1. The van der Waals surface area contributed by atoms with Crippen LogP contribution in [-0.2, 0) is 9.53 Å². The van der Waals surface area contributed by atoms with Gasteiger partial charge in [-0.05, 0) is 56.4 Å². The highest BCUT2D eigenvalue weighted by Gasteiger charge is 2.42. The smallest absolute Gasteiger partial charge is 0.328 e. The molecule has 0 spiro atoms. The Morgan fingerprint density at radius 1 is 1.48 bits per heavy atom. The Morgan fingerprint density at radius 2 is 2.17 bits per heavy atom. The van der Waals surface area contributed by atoms with E-state index >= 15 is 0 Å². The summed E-state index contributed by atoms with van der Waals surface area (Å²) in [7, 11) is 1.44. The van der Waals surface area contributed by atoms with Crippen molar-refractivity contribution in [2.24, 2.45) is 0 Å². The van der Waals surface area contributed by atoms with Crippen molar-refractivity contribution in [3.63, 3.8) is 0 Å². The van der Waals surface area contributed by atoms with Crippen LogP contribution in [0.5, 0.6) is 0 Å². The third kappa shape index (κ3) is 3.51. The number of halogens is 1. The van der Waals surface area contributed by atoms with Crippen molar-refractivity contribution in [1.82, 2.24) is 0 Å². The molecule has 1 aliphatic heterocycles. The van der Waals surface area contributed by atoms with Crippen LogP contribution in [0.15, 0.2) is 18.2 Å². The maximum absolute atomic E-state index is 13.7. The maximum Gasteiger partial charge on any atom is 0.328 e. The van der Waals surface area contributed by atoms with Gasteiger partial charge >= 0.3 is 5.97 Å². The van der Waals surface area contributed by atoms with Crippen LogP contribution in [0.2, 0.25) is 0 Å². The van der Waals surface area contributed by atoms with Crippen molar-refractivity contribution in [1.29, 1.82) is 0 Å². The summed E-state index contributed by atoms with van der Waals surface area (Å²) in [5.74, 6) is -0.175. The molecule has 1 heterocycles. The van der Waals surface area contributed by atoms with Gasteiger partial charge in [0, 0.05) is 11.2 Å². The van der Waals surface area contributed by atoms with E-state index in [-0.39, 0.29) is 29.3 Å². The summed E-state index contributed by atoms with van der Waals surface area (Å²) in [6.45, 7) is 8.53. The summed E-state index contributed by atoms with van der Waals surface area (Å²) >= 11 is 0. The largest absolute Gasteiger partial charge is 0.467 e. The minimum absolute atomic E-state index is 0.184. The van der Waals surface area contributed by atoms with E-state index in [0.29, 0.717) is 0 Å². The number of rotatable bonds is 5. The molecule has 0 amide bonds. The van der Waals surface area contributed by atoms with Crippen LogP contribution in [-0.4, -0.2) is 24.7 Å². The second kappa shape index (κ2) is 6.90. The first kappa shape index (κ1) is 17.8. The molecular formula is C19H28FNO2. The summed E-state index contributed by atoms with van der Waals surface area (Å²) in [5, 5.41) is 0. The van der Waals surface area contributed by atoms with Crippen LogP contribution in [0.25, 0.3) is 0 Å². The van der Waals surface area contributed by atoms with Gasteiger partial charge in [-0.15, -0.1) is 0 Å².